The first-order valence-electron chi connectivity index (χ1n) is 4.09. The zero-order valence-corrected chi connectivity index (χ0v) is 7.01. The Bertz CT molecular complexity index is 165. The van der Waals surface area contributed by atoms with Gasteiger partial charge in [0.15, 0.2) is 0 Å². The SMILES string of the molecule is C=C(C)[C@H]1CCC[C@]1(O)CO. The van der Waals surface area contributed by atoms with Gasteiger partial charge in [0, 0.05) is 5.92 Å². The van der Waals surface area contributed by atoms with Crippen LogP contribution < -0.4 is 0 Å². The zero-order valence-electron chi connectivity index (χ0n) is 7.01. The lowest BCUT2D eigenvalue weighted by molar-refractivity contribution is -0.0339. The minimum absolute atomic E-state index is 0.104. The Labute approximate surface area is 67.6 Å². The van der Waals surface area contributed by atoms with E-state index in [0.717, 1.165) is 18.4 Å². The van der Waals surface area contributed by atoms with E-state index < -0.39 is 5.60 Å². The van der Waals surface area contributed by atoms with Crippen molar-refractivity contribution in [2.75, 3.05) is 6.61 Å². The van der Waals surface area contributed by atoms with Crippen molar-refractivity contribution in [1.29, 1.82) is 0 Å². The molecule has 0 saturated heterocycles. The number of hydrogen-bond acceptors (Lipinski definition) is 2. The van der Waals surface area contributed by atoms with E-state index >= 15 is 0 Å². The van der Waals surface area contributed by atoms with E-state index in [1.54, 1.807) is 0 Å². The Balaban J connectivity index is 2.72. The van der Waals surface area contributed by atoms with E-state index in [4.69, 9.17) is 5.11 Å². The molecule has 0 spiro atoms. The molecule has 0 heterocycles. The molecule has 1 rings (SSSR count). The molecule has 0 bridgehead atoms. The summed E-state index contributed by atoms with van der Waals surface area (Å²) in [5.74, 6) is 0.104. The lowest BCUT2D eigenvalue weighted by atomic mass is 9.87. The van der Waals surface area contributed by atoms with E-state index in [2.05, 4.69) is 6.58 Å². The highest BCUT2D eigenvalue weighted by Gasteiger charge is 2.40. The van der Waals surface area contributed by atoms with Gasteiger partial charge in [0.1, 0.15) is 0 Å². The van der Waals surface area contributed by atoms with Gasteiger partial charge in [0.05, 0.1) is 12.2 Å². The van der Waals surface area contributed by atoms with Gasteiger partial charge in [-0.3, -0.25) is 0 Å². The van der Waals surface area contributed by atoms with Gasteiger partial charge in [-0.2, -0.15) is 0 Å². The molecule has 0 aromatic heterocycles. The van der Waals surface area contributed by atoms with Crippen molar-refractivity contribution in [2.45, 2.75) is 31.8 Å². The maximum absolute atomic E-state index is 9.82. The first-order chi connectivity index (χ1) is 5.10. The second-order valence-electron chi connectivity index (χ2n) is 3.55. The Hall–Kier alpha value is -0.340. The summed E-state index contributed by atoms with van der Waals surface area (Å²) in [6, 6.07) is 0. The van der Waals surface area contributed by atoms with Crippen molar-refractivity contribution < 1.29 is 10.2 Å². The molecular formula is C9H16O2. The van der Waals surface area contributed by atoms with Crippen molar-refractivity contribution in [3.63, 3.8) is 0 Å². The molecule has 0 radical (unpaired) electrons. The molecule has 0 aromatic carbocycles. The van der Waals surface area contributed by atoms with Gasteiger partial charge in [-0.05, 0) is 26.2 Å². The molecule has 2 N–H and O–H groups in total. The first kappa shape index (κ1) is 8.75. The lowest BCUT2D eigenvalue weighted by Gasteiger charge is -2.28. The minimum Gasteiger partial charge on any atom is -0.393 e. The van der Waals surface area contributed by atoms with Crippen LogP contribution in [-0.4, -0.2) is 22.4 Å². The van der Waals surface area contributed by atoms with Crippen molar-refractivity contribution in [2.24, 2.45) is 5.92 Å². The average Bonchev–Trinajstić information content (AvgIpc) is 2.32. The van der Waals surface area contributed by atoms with Gasteiger partial charge >= 0.3 is 0 Å². The Kier molecular flexibility index (Phi) is 2.35. The van der Waals surface area contributed by atoms with Crippen molar-refractivity contribution in [3.8, 4) is 0 Å². The normalized spacial score (nSPS) is 37.5. The molecule has 1 fully saturated rings. The average molecular weight is 156 g/mol. The van der Waals surface area contributed by atoms with Gasteiger partial charge in [-0.1, -0.05) is 12.2 Å². The summed E-state index contributed by atoms with van der Waals surface area (Å²) in [7, 11) is 0. The van der Waals surface area contributed by atoms with Crippen LogP contribution in [0.25, 0.3) is 0 Å². The quantitative estimate of drug-likeness (QED) is 0.587. The molecule has 11 heavy (non-hydrogen) atoms. The molecule has 0 aromatic rings. The maximum Gasteiger partial charge on any atom is 0.0941 e. The first-order valence-corrected chi connectivity index (χ1v) is 4.09. The molecule has 0 amide bonds. The summed E-state index contributed by atoms with van der Waals surface area (Å²) in [5, 5.41) is 18.8. The van der Waals surface area contributed by atoms with Gasteiger partial charge in [0.25, 0.3) is 0 Å². The van der Waals surface area contributed by atoms with Gasteiger partial charge in [0.2, 0.25) is 0 Å². The van der Waals surface area contributed by atoms with Crippen molar-refractivity contribution in [1.82, 2.24) is 0 Å². The molecule has 1 saturated carbocycles. The Morgan fingerprint density at radius 2 is 2.36 bits per heavy atom. The molecule has 0 aliphatic heterocycles. The Morgan fingerprint density at radius 1 is 1.73 bits per heavy atom. The summed E-state index contributed by atoms with van der Waals surface area (Å²) < 4.78 is 0. The fraction of sp³-hybridized carbons (Fsp3) is 0.778. The van der Waals surface area contributed by atoms with Crippen molar-refractivity contribution in [3.05, 3.63) is 12.2 Å². The molecular weight excluding hydrogens is 140 g/mol. The molecule has 1 aliphatic carbocycles. The van der Waals surface area contributed by atoms with Crippen LogP contribution in [0, 0.1) is 5.92 Å². The topological polar surface area (TPSA) is 40.5 Å². The largest absolute Gasteiger partial charge is 0.393 e. The predicted molar refractivity (Wildman–Crippen MR) is 44.2 cm³/mol. The summed E-state index contributed by atoms with van der Waals surface area (Å²) in [5.41, 5.74) is 0.116. The van der Waals surface area contributed by atoms with Crippen LogP contribution in [0.15, 0.2) is 12.2 Å². The van der Waals surface area contributed by atoms with E-state index in [0.29, 0.717) is 6.42 Å². The van der Waals surface area contributed by atoms with Gasteiger partial charge < -0.3 is 10.2 Å². The van der Waals surface area contributed by atoms with Gasteiger partial charge in [-0.25, -0.2) is 0 Å². The molecule has 0 unspecified atom stereocenters. The highest BCUT2D eigenvalue weighted by Crippen LogP contribution is 2.38. The molecule has 2 heteroatoms. The number of aliphatic hydroxyl groups excluding tert-OH is 1. The highest BCUT2D eigenvalue weighted by atomic mass is 16.3. The number of hydrogen-bond donors (Lipinski definition) is 2. The summed E-state index contributed by atoms with van der Waals surface area (Å²) >= 11 is 0. The fourth-order valence-corrected chi connectivity index (χ4v) is 1.95. The Morgan fingerprint density at radius 3 is 2.73 bits per heavy atom. The predicted octanol–water partition coefficient (Wildman–Crippen LogP) is 1.09. The van der Waals surface area contributed by atoms with E-state index in [1.165, 1.54) is 0 Å². The van der Waals surface area contributed by atoms with Crippen LogP contribution in [0.5, 0.6) is 0 Å². The van der Waals surface area contributed by atoms with E-state index in [1.807, 2.05) is 6.92 Å². The van der Waals surface area contributed by atoms with Crippen LogP contribution in [0.1, 0.15) is 26.2 Å². The highest BCUT2D eigenvalue weighted by molar-refractivity contribution is 5.08. The summed E-state index contributed by atoms with van der Waals surface area (Å²) in [6.07, 6.45) is 2.67. The second-order valence-corrected chi connectivity index (χ2v) is 3.55. The van der Waals surface area contributed by atoms with E-state index in [9.17, 15) is 5.11 Å². The van der Waals surface area contributed by atoms with Crippen LogP contribution >= 0.6 is 0 Å². The van der Waals surface area contributed by atoms with Gasteiger partial charge in [-0.15, -0.1) is 0 Å². The maximum atomic E-state index is 9.82. The molecule has 64 valence electrons. The third-order valence-electron chi connectivity index (χ3n) is 2.62. The van der Waals surface area contributed by atoms with E-state index in [-0.39, 0.29) is 12.5 Å². The van der Waals surface area contributed by atoms with Crippen molar-refractivity contribution >= 4 is 0 Å². The van der Waals surface area contributed by atoms with Crippen LogP contribution in [-0.2, 0) is 0 Å². The summed E-state index contributed by atoms with van der Waals surface area (Å²) in [4.78, 5) is 0. The van der Waals surface area contributed by atoms with Crippen LogP contribution in [0.4, 0.5) is 0 Å². The fourth-order valence-electron chi connectivity index (χ4n) is 1.95. The monoisotopic (exact) mass is 156 g/mol. The summed E-state index contributed by atoms with van der Waals surface area (Å²) in [6.45, 7) is 5.59. The minimum atomic E-state index is -0.869. The number of rotatable bonds is 2. The lowest BCUT2D eigenvalue weighted by Crippen LogP contribution is -2.37. The molecule has 2 atom stereocenters. The second kappa shape index (κ2) is 2.95. The standard InChI is InChI=1S/C9H16O2/c1-7(2)8-4-3-5-9(8,11)6-10/h8,10-11H,1,3-6H2,2H3/t8-,9+/m1/s1. The molecule has 2 nitrogen and oxygen atoms in total. The third-order valence-corrected chi connectivity index (χ3v) is 2.62. The van der Waals surface area contributed by atoms with Crippen LogP contribution in [0.3, 0.4) is 0 Å². The number of aliphatic hydroxyl groups is 2. The third kappa shape index (κ3) is 1.47. The van der Waals surface area contributed by atoms with Crippen LogP contribution in [0.2, 0.25) is 0 Å². The molecule has 1 aliphatic rings. The zero-order chi connectivity index (χ0) is 8.48. The smallest absolute Gasteiger partial charge is 0.0941 e.